The van der Waals surface area contributed by atoms with Crippen LogP contribution >= 0.6 is 0 Å². The molecule has 3 rings (SSSR count). The number of hydrogen-bond acceptors (Lipinski definition) is 8. The summed E-state index contributed by atoms with van der Waals surface area (Å²) in [5.41, 5.74) is 1.89. The third kappa shape index (κ3) is 3.14. The second-order valence-electron chi connectivity index (χ2n) is 5.37. The summed E-state index contributed by atoms with van der Waals surface area (Å²) >= 11 is 0. The first-order chi connectivity index (χ1) is 11.6. The van der Waals surface area contributed by atoms with Gasteiger partial charge in [0.15, 0.2) is 11.5 Å². The maximum atomic E-state index is 13.3. The van der Waals surface area contributed by atoms with E-state index in [1.807, 2.05) is 0 Å². The van der Waals surface area contributed by atoms with Gasteiger partial charge in [-0.1, -0.05) is 11.2 Å². The van der Waals surface area contributed by atoms with Crippen molar-refractivity contribution in [2.45, 2.75) is 18.6 Å². The first-order valence-electron chi connectivity index (χ1n) is 7.25. The first kappa shape index (κ1) is 16.1. The largest absolute Gasteiger partial charge is 0.409 e. The molecule has 2 atom stereocenters. The number of nitrogens with one attached hydrogen (secondary N) is 2. The Labute approximate surface area is 135 Å². The molecular weight excluding hydrogens is 321 g/mol. The van der Waals surface area contributed by atoms with E-state index in [0.29, 0.717) is 6.42 Å². The van der Waals surface area contributed by atoms with E-state index in [4.69, 9.17) is 5.11 Å². The van der Waals surface area contributed by atoms with E-state index in [1.165, 1.54) is 12.1 Å². The Balaban J connectivity index is 1.71. The van der Waals surface area contributed by atoms with E-state index < -0.39 is 12.7 Å². The number of fused-ring (bicyclic) bond motifs is 1. The van der Waals surface area contributed by atoms with Crippen LogP contribution in [-0.4, -0.2) is 50.8 Å². The zero-order valence-electron chi connectivity index (χ0n) is 12.5. The summed E-state index contributed by atoms with van der Waals surface area (Å²) in [6.45, 7) is -0.412. The lowest BCUT2D eigenvalue weighted by molar-refractivity contribution is 0.105. The van der Waals surface area contributed by atoms with E-state index in [1.54, 1.807) is 6.07 Å². The predicted octanol–water partition coefficient (Wildman–Crippen LogP) is -0.00340. The predicted molar refractivity (Wildman–Crippen MR) is 80.2 cm³/mol. The summed E-state index contributed by atoms with van der Waals surface area (Å²) in [6.07, 6.45) is -0.343. The van der Waals surface area contributed by atoms with Gasteiger partial charge in [-0.25, -0.2) is 9.02 Å². The molecule has 5 N–H and O–H groups in total. The topological polar surface area (TPSA) is 136 Å². The molecule has 10 heteroatoms. The number of hydrogen-bond donors (Lipinski definition) is 5. The van der Waals surface area contributed by atoms with Crippen molar-refractivity contribution in [3.8, 4) is 0 Å². The Hall–Kier alpha value is -2.72. The van der Waals surface area contributed by atoms with Gasteiger partial charge in [-0.2, -0.15) is 0 Å². The summed E-state index contributed by atoms with van der Waals surface area (Å²) in [5, 5.41) is 43.5. The van der Waals surface area contributed by atoms with Gasteiger partial charge >= 0.3 is 0 Å². The van der Waals surface area contributed by atoms with Crippen LogP contribution in [0, 0.1) is 5.82 Å². The second-order valence-corrected chi connectivity index (χ2v) is 5.37. The van der Waals surface area contributed by atoms with Crippen molar-refractivity contribution in [2.75, 3.05) is 18.5 Å². The van der Waals surface area contributed by atoms with E-state index in [-0.39, 0.29) is 35.8 Å². The zero-order valence-corrected chi connectivity index (χ0v) is 12.5. The van der Waals surface area contributed by atoms with Crippen LogP contribution in [-0.2, 0) is 6.42 Å². The molecule has 0 amide bonds. The molecule has 0 radical (unpaired) electrons. The maximum absolute atomic E-state index is 13.3. The number of anilines is 1. The van der Waals surface area contributed by atoms with Crippen LogP contribution in [0.4, 0.5) is 10.2 Å². The third-order valence-corrected chi connectivity index (χ3v) is 3.75. The van der Waals surface area contributed by atoms with E-state index in [2.05, 4.69) is 30.7 Å². The molecule has 1 aromatic carbocycles. The van der Waals surface area contributed by atoms with Gasteiger partial charge < -0.3 is 26.1 Å². The quantitative estimate of drug-likeness (QED) is 0.215. The second kappa shape index (κ2) is 6.81. The number of halogens is 1. The minimum absolute atomic E-state index is 0.00264. The molecule has 24 heavy (non-hydrogen) atoms. The number of aromatic nitrogens is 2. The van der Waals surface area contributed by atoms with Crippen molar-refractivity contribution in [1.82, 2.24) is 15.6 Å². The van der Waals surface area contributed by atoms with Crippen LogP contribution in [0.15, 0.2) is 28.0 Å². The summed E-state index contributed by atoms with van der Waals surface area (Å²) < 4.78 is 17.9. The number of aliphatic hydroxyl groups is 2. The zero-order chi connectivity index (χ0) is 17.1. The number of rotatable bonds is 6. The molecule has 1 aliphatic rings. The van der Waals surface area contributed by atoms with Crippen molar-refractivity contribution >= 4 is 11.7 Å². The van der Waals surface area contributed by atoms with Gasteiger partial charge in [0.25, 0.3) is 0 Å². The number of benzene rings is 1. The lowest BCUT2D eigenvalue weighted by Gasteiger charge is -2.31. The normalized spacial score (nSPS) is 17.8. The highest BCUT2D eigenvalue weighted by Crippen LogP contribution is 2.33. The maximum Gasteiger partial charge on any atom is 0.202 e. The summed E-state index contributed by atoms with van der Waals surface area (Å²) in [7, 11) is 0. The van der Waals surface area contributed by atoms with E-state index >= 15 is 0 Å². The minimum Gasteiger partial charge on any atom is -0.409 e. The Morgan fingerprint density at radius 3 is 3.04 bits per heavy atom. The molecule has 0 spiro atoms. The average molecular weight is 337 g/mol. The van der Waals surface area contributed by atoms with Crippen molar-refractivity contribution in [2.24, 2.45) is 5.16 Å². The first-order valence-corrected chi connectivity index (χ1v) is 7.25. The molecule has 2 aromatic rings. The minimum atomic E-state index is -0.987. The van der Waals surface area contributed by atoms with E-state index in [0.717, 1.165) is 11.1 Å². The van der Waals surface area contributed by atoms with E-state index in [9.17, 15) is 14.7 Å². The molecule has 1 heterocycles. The fourth-order valence-corrected chi connectivity index (χ4v) is 2.45. The molecule has 0 fully saturated rings. The van der Waals surface area contributed by atoms with Crippen molar-refractivity contribution < 1.29 is 24.4 Å². The van der Waals surface area contributed by atoms with Gasteiger partial charge in [0.1, 0.15) is 5.82 Å². The molecule has 0 bridgehead atoms. The third-order valence-electron chi connectivity index (χ3n) is 3.75. The SMILES string of the molecule is OC[C@H](O)CNc1nonc1/C(=N\O)NC1Cc2ccc(F)cc21. The Morgan fingerprint density at radius 2 is 2.29 bits per heavy atom. The highest BCUT2D eigenvalue weighted by atomic mass is 19.1. The molecule has 128 valence electrons. The smallest absolute Gasteiger partial charge is 0.202 e. The lowest BCUT2D eigenvalue weighted by Crippen LogP contribution is -2.37. The number of aliphatic hydroxyl groups excluding tert-OH is 2. The summed E-state index contributed by atoms with van der Waals surface area (Å²) in [6, 6.07) is 4.30. The Bertz CT molecular complexity index is 751. The molecule has 0 saturated heterocycles. The molecule has 1 aromatic heterocycles. The van der Waals surface area contributed by atoms with Gasteiger partial charge in [-0.3, -0.25) is 0 Å². The van der Waals surface area contributed by atoms with Crippen LogP contribution in [0.1, 0.15) is 22.9 Å². The number of oxime groups is 1. The van der Waals surface area contributed by atoms with Gasteiger partial charge in [0, 0.05) is 6.54 Å². The fraction of sp³-hybridized carbons (Fsp3) is 0.357. The van der Waals surface area contributed by atoms with Crippen LogP contribution in [0.2, 0.25) is 0 Å². The van der Waals surface area contributed by atoms with Gasteiger partial charge in [0.2, 0.25) is 5.82 Å². The monoisotopic (exact) mass is 337 g/mol. The Kier molecular flexibility index (Phi) is 4.58. The Morgan fingerprint density at radius 1 is 1.46 bits per heavy atom. The molecule has 0 aliphatic heterocycles. The van der Waals surface area contributed by atoms with Crippen LogP contribution in [0.25, 0.3) is 0 Å². The average Bonchev–Trinajstić information content (AvgIpc) is 3.04. The molecular formula is C14H16FN5O4. The lowest BCUT2D eigenvalue weighted by atomic mass is 9.83. The number of nitrogens with zero attached hydrogens (tertiary/aromatic N) is 3. The van der Waals surface area contributed by atoms with Gasteiger partial charge in [0.05, 0.1) is 18.8 Å². The van der Waals surface area contributed by atoms with Crippen LogP contribution < -0.4 is 10.6 Å². The molecule has 1 unspecified atom stereocenters. The highest BCUT2D eigenvalue weighted by molar-refractivity contribution is 6.00. The van der Waals surface area contributed by atoms with Crippen molar-refractivity contribution in [3.05, 3.63) is 40.8 Å². The fourth-order valence-electron chi connectivity index (χ4n) is 2.45. The highest BCUT2D eigenvalue weighted by Gasteiger charge is 2.29. The van der Waals surface area contributed by atoms with Crippen molar-refractivity contribution in [1.29, 1.82) is 0 Å². The molecule has 1 aliphatic carbocycles. The molecule has 0 saturated carbocycles. The number of amidine groups is 1. The summed E-state index contributed by atoms with van der Waals surface area (Å²) in [5.74, 6) is -0.204. The standard InChI is InChI=1S/C14H16FN5O4/c15-8-2-1-7-3-11(10(7)4-8)17-14(18-23)12-13(20-24-19-12)16-5-9(22)6-21/h1-2,4,9,11,21-23H,3,5-6H2,(H,16,20)(H,17,18)/t9-,11?/m1/s1. The van der Waals surface area contributed by atoms with Crippen LogP contribution in [0.3, 0.4) is 0 Å². The van der Waals surface area contributed by atoms with Crippen LogP contribution in [0.5, 0.6) is 0 Å². The van der Waals surface area contributed by atoms with Gasteiger partial charge in [-0.15, -0.1) is 0 Å². The molecule has 9 nitrogen and oxygen atoms in total. The van der Waals surface area contributed by atoms with Gasteiger partial charge in [-0.05, 0) is 40.0 Å². The van der Waals surface area contributed by atoms with Crippen molar-refractivity contribution in [3.63, 3.8) is 0 Å². The summed E-state index contributed by atoms with van der Waals surface area (Å²) in [4.78, 5) is 0.